The quantitative estimate of drug-likeness (QED) is 0.933. The van der Waals surface area contributed by atoms with Gasteiger partial charge in [-0.1, -0.05) is 6.07 Å². The number of nitrogens with zero attached hydrogens (tertiary/aromatic N) is 2. The first-order valence-corrected chi connectivity index (χ1v) is 8.27. The first-order valence-electron chi connectivity index (χ1n) is 7.45. The molecule has 0 spiro atoms. The summed E-state index contributed by atoms with van der Waals surface area (Å²) in [6.45, 7) is 5.77. The average Bonchev–Trinajstić information content (AvgIpc) is 2.89. The molecule has 1 amide bonds. The summed E-state index contributed by atoms with van der Waals surface area (Å²) < 4.78 is 18.5. The molecule has 0 atom stereocenters. The number of carbonyl (C=O) groups excluding carboxylic acids is 1. The molecule has 1 N–H and O–H groups in total. The summed E-state index contributed by atoms with van der Waals surface area (Å²) in [5.74, 6) is -0.629. The van der Waals surface area contributed by atoms with Crippen molar-refractivity contribution in [2.24, 2.45) is 0 Å². The number of aromatic nitrogens is 1. The number of ether oxygens (including phenoxy) is 1. The van der Waals surface area contributed by atoms with Crippen molar-refractivity contribution < 1.29 is 13.9 Å². The van der Waals surface area contributed by atoms with Crippen LogP contribution < -0.4 is 5.32 Å². The molecule has 1 fully saturated rings. The van der Waals surface area contributed by atoms with Crippen molar-refractivity contribution in [2.75, 3.05) is 31.6 Å². The van der Waals surface area contributed by atoms with Gasteiger partial charge in [0.15, 0.2) is 0 Å². The Hall–Kier alpha value is -1.83. The zero-order chi connectivity index (χ0) is 16.2. The molecule has 7 heteroatoms. The molecule has 2 heterocycles. The minimum absolute atomic E-state index is 0.251. The summed E-state index contributed by atoms with van der Waals surface area (Å²) in [4.78, 5) is 19.7. The monoisotopic (exact) mass is 335 g/mol. The van der Waals surface area contributed by atoms with Crippen LogP contribution in [0.2, 0.25) is 0 Å². The summed E-state index contributed by atoms with van der Waals surface area (Å²) in [5.41, 5.74) is 1.14. The van der Waals surface area contributed by atoms with Gasteiger partial charge in [0.05, 0.1) is 25.5 Å². The summed E-state index contributed by atoms with van der Waals surface area (Å²) in [5, 5.41) is 3.63. The minimum atomic E-state index is -0.378. The Kier molecular flexibility index (Phi) is 5.00. The molecule has 0 saturated carbocycles. The van der Waals surface area contributed by atoms with Crippen LogP contribution in [0.5, 0.6) is 0 Å². The van der Waals surface area contributed by atoms with Crippen molar-refractivity contribution in [3.05, 3.63) is 45.7 Å². The van der Waals surface area contributed by atoms with E-state index in [1.807, 2.05) is 6.92 Å². The average molecular weight is 335 g/mol. The fourth-order valence-corrected chi connectivity index (χ4v) is 3.44. The third-order valence-corrected chi connectivity index (χ3v) is 4.73. The van der Waals surface area contributed by atoms with Crippen LogP contribution in [0, 0.1) is 12.7 Å². The van der Waals surface area contributed by atoms with Gasteiger partial charge in [-0.2, -0.15) is 0 Å². The lowest BCUT2D eigenvalue weighted by Crippen LogP contribution is -2.35. The number of anilines is 1. The lowest BCUT2D eigenvalue weighted by Gasteiger charge is -2.25. The zero-order valence-corrected chi connectivity index (χ0v) is 13.7. The van der Waals surface area contributed by atoms with Gasteiger partial charge in [0.1, 0.15) is 15.7 Å². The molecular weight excluding hydrogens is 317 g/mol. The lowest BCUT2D eigenvalue weighted by molar-refractivity contribution is 0.0341. The summed E-state index contributed by atoms with van der Waals surface area (Å²) in [6, 6.07) is 5.86. The third-order valence-electron chi connectivity index (χ3n) is 3.59. The SMILES string of the molecule is Cc1nc(CN2CCOCC2)sc1C(=O)Nc1cccc(F)c1. The van der Waals surface area contributed by atoms with E-state index in [4.69, 9.17) is 4.74 Å². The normalized spacial score (nSPS) is 15.6. The number of halogens is 1. The van der Waals surface area contributed by atoms with Crippen LogP contribution in [0.3, 0.4) is 0 Å². The van der Waals surface area contributed by atoms with Crippen LogP contribution in [0.4, 0.5) is 10.1 Å². The standard InChI is InChI=1S/C16H18FN3O2S/c1-11-15(16(21)19-13-4-2-3-12(17)9-13)23-14(18-11)10-20-5-7-22-8-6-20/h2-4,9H,5-8,10H2,1H3,(H,19,21). The molecule has 0 unspecified atom stereocenters. The Labute approximate surface area is 138 Å². The van der Waals surface area contributed by atoms with E-state index in [9.17, 15) is 9.18 Å². The molecule has 1 saturated heterocycles. The number of nitrogens with one attached hydrogen (secondary N) is 1. The number of rotatable bonds is 4. The molecule has 1 aliphatic rings. The van der Waals surface area contributed by atoms with Crippen molar-refractivity contribution in [3.63, 3.8) is 0 Å². The molecule has 0 aliphatic carbocycles. The highest BCUT2D eigenvalue weighted by Gasteiger charge is 2.18. The van der Waals surface area contributed by atoms with Gasteiger partial charge in [-0.25, -0.2) is 9.37 Å². The molecule has 0 radical (unpaired) electrons. The first-order chi connectivity index (χ1) is 11.1. The van der Waals surface area contributed by atoms with Crippen LogP contribution in [0.25, 0.3) is 0 Å². The summed E-state index contributed by atoms with van der Waals surface area (Å²) >= 11 is 1.39. The number of carbonyl (C=O) groups is 1. The van der Waals surface area contributed by atoms with E-state index < -0.39 is 0 Å². The number of morpholine rings is 1. The molecule has 1 aromatic heterocycles. The van der Waals surface area contributed by atoms with Crippen molar-refractivity contribution >= 4 is 22.9 Å². The van der Waals surface area contributed by atoms with E-state index in [1.165, 1.54) is 23.5 Å². The topological polar surface area (TPSA) is 54.5 Å². The first kappa shape index (κ1) is 16.0. The molecule has 122 valence electrons. The number of aryl methyl sites for hydroxylation is 1. The molecule has 1 aromatic carbocycles. The smallest absolute Gasteiger partial charge is 0.267 e. The van der Waals surface area contributed by atoms with E-state index in [1.54, 1.807) is 12.1 Å². The maximum atomic E-state index is 13.2. The maximum absolute atomic E-state index is 13.2. The third kappa shape index (κ3) is 4.13. The molecule has 1 aliphatic heterocycles. The van der Waals surface area contributed by atoms with E-state index in [-0.39, 0.29) is 11.7 Å². The van der Waals surface area contributed by atoms with Crippen LogP contribution in [-0.2, 0) is 11.3 Å². The van der Waals surface area contributed by atoms with Crippen molar-refractivity contribution in [3.8, 4) is 0 Å². The van der Waals surface area contributed by atoms with E-state index >= 15 is 0 Å². The predicted octanol–water partition coefficient (Wildman–Crippen LogP) is 2.68. The van der Waals surface area contributed by atoms with Gasteiger partial charge in [-0.3, -0.25) is 9.69 Å². The highest BCUT2D eigenvalue weighted by molar-refractivity contribution is 7.13. The molecule has 0 bridgehead atoms. The molecule has 3 rings (SSSR count). The molecule has 23 heavy (non-hydrogen) atoms. The van der Waals surface area contributed by atoms with E-state index in [0.29, 0.717) is 16.3 Å². The number of hydrogen-bond acceptors (Lipinski definition) is 5. The van der Waals surface area contributed by atoms with Gasteiger partial charge in [-0.05, 0) is 25.1 Å². The second-order valence-corrected chi connectivity index (χ2v) is 6.46. The maximum Gasteiger partial charge on any atom is 0.267 e. The molecular formula is C16H18FN3O2S. The minimum Gasteiger partial charge on any atom is -0.379 e. The van der Waals surface area contributed by atoms with E-state index in [0.717, 1.165) is 37.9 Å². The van der Waals surface area contributed by atoms with Gasteiger partial charge in [-0.15, -0.1) is 11.3 Å². The Bertz CT molecular complexity index is 698. The summed E-state index contributed by atoms with van der Waals surface area (Å²) in [6.07, 6.45) is 0. The molecule has 5 nitrogen and oxygen atoms in total. The fraction of sp³-hybridized carbons (Fsp3) is 0.375. The van der Waals surface area contributed by atoms with Gasteiger partial charge in [0.25, 0.3) is 5.91 Å². The number of thiazole rings is 1. The van der Waals surface area contributed by atoms with Crippen LogP contribution in [0.1, 0.15) is 20.4 Å². The largest absolute Gasteiger partial charge is 0.379 e. The summed E-state index contributed by atoms with van der Waals surface area (Å²) in [7, 11) is 0. The number of amides is 1. The Morgan fingerprint density at radius 1 is 1.43 bits per heavy atom. The van der Waals surface area contributed by atoms with Gasteiger partial charge in [0.2, 0.25) is 0 Å². The van der Waals surface area contributed by atoms with Crippen molar-refractivity contribution in [1.29, 1.82) is 0 Å². The highest BCUT2D eigenvalue weighted by Crippen LogP contribution is 2.21. The second kappa shape index (κ2) is 7.16. The van der Waals surface area contributed by atoms with E-state index in [2.05, 4.69) is 15.2 Å². The fourth-order valence-electron chi connectivity index (χ4n) is 2.44. The van der Waals surface area contributed by atoms with Gasteiger partial charge < -0.3 is 10.1 Å². The lowest BCUT2D eigenvalue weighted by atomic mass is 10.3. The Morgan fingerprint density at radius 3 is 2.96 bits per heavy atom. The van der Waals surface area contributed by atoms with Crippen LogP contribution in [0.15, 0.2) is 24.3 Å². The van der Waals surface area contributed by atoms with Crippen LogP contribution in [-0.4, -0.2) is 42.1 Å². The highest BCUT2D eigenvalue weighted by atomic mass is 32.1. The van der Waals surface area contributed by atoms with Gasteiger partial charge in [0, 0.05) is 18.8 Å². The number of benzene rings is 1. The van der Waals surface area contributed by atoms with Gasteiger partial charge >= 0.3 is 0 Å². The molecule has 2 aromatic rings. The zero-order valence-electron chi connectivity index (χ0n) is 12.8. The number of hydrogen-bond donors (Lipinski definition) is 1. The Morgan fingerprint density at radius 2 is 2.22 bits per heavy atom. The van der Waals surface area contributed by atoms with Crippen molar-refractivity contribution in [1.82, 2.24) is 9.88 Å². The Balaban J connectivity index is 1.68. The van der Waals surface area contributed by atoms with Crippen molar-refractivity contribution in [2.45, 2.75) is 13.5 Å². The second-order valence-electron chi connectivity index (χ2n) is 5.38. The predicted molar refractivity (Wildman–Crippen MR) is 87.3 cm³/mol. The van der Waals surface area contributed by atoms with Crippen LogP contribution >= 0.6 is 11.3 Å².